The van der Waals surface area contributed by atoms with E-state index in [1.54, 1.807) is 201 Å². The van der Waals surface area contributed by atoms with Gasteiger partial charge in [0.15, 0.2) is 5.76 Å². The Bertz CT molecular complexity index is 4870. The summed E-state index contributed by atoms with van der Waals surface area (Å²) in [7, 11) is 21.2. The van der Waals surface area contributed by atoms with Crippen molar-refractivity contribution < 1.29 is 71.2 Å². The van der Waals surface area contributed by atoms with Gasteiger partial charge in [-0.05, 0) is 168 Å². The molecule has 0 aliphatic heterocycles. The SMILES string of the molecule is CNC(=O)C1CC1.CNC(=O)C1CCCC1.CNC(=O)C1CCCCC1.CNC(=O)c1ccc2ccccc2c1.CNC(=O)c1cccc2ccccc12.CNC(=O)c1ccccc1.CNC(=O)c1ccccn1.CNC(=O)c1cccnc1.CNC(=O)c1ccco1.CNC(=O)c1cccs1.CNC(=O)c1ccncc1.CNC(=O)c1ccoc1.CNC(=O)c1ccsc1. The quantitative estimate of drug-likeness (QED) is 0.0510. The minimum absolute atomic E-state index is 0.00926. The van der Waals surface area contributed by atoms with Crippen molar-refractivity contribution in [2.45, 2.75) is 70.6 Å². The van der Waals surface area contributed by atoms with Crippen LogP contribution in [0, 0.1) is 17.8 Å². The number of hydrogen-bond donors (Lipinski definition) is 13. The minimum Gasteiger partial charge on any atom is -0.472 e. The first kappa shape index (κ1) is 109. The van der Waals surface area contributed by atoms with E-state index in [9.17, 15) is 62.3 Å². The maximum absolute atomic E-state index is 11.5. The third kappa shape index (κ3) is 42.9. The van der Waals surface area contributed by atoms with Crippen LogP contribution in [0.1, 0.15) is 174 Å². The summed E-state index contributed by atoms with van der Waals surface area (Å²) in [6, 6.07) is 58.7. The van der Waals surface area contributed by atoms with Crippen LogP contribution in [0.25, 0.3) is 21.5 Å². The van der Waals surface area contributed by atoms with Gasteiger partial charge in [0.1, 0.15) is 12.0 Å². The van der Waals surface area contributed by atoms with E-state index in [-0.39, 0.29) is 76.8 Å². The molecule has 0 spiro atoms. The van der Waals surface area contributed by atoms with Gasteiger partial charge in [0.2, 0.25) is 17.7 Å². The standard InChI is InChI=1S/2C12H11NO.C8H15NO.C8H9NO.3C7H8N2O.C7H13NO.2C6H7NO2.2C6H7NOS.C5H9NO/c1-13-12(14)11-8-4-6-9-5-2-3-7-10(9)11;1-13-12(14)11-7-6-9-4-2-3-5-10(9)8-11;2*1-9-8(10)7-5-3-2-4-6-7;1-8-7(10)6-2-4-9-5-3-6;1-8-7(10)6-3-2-4-9-5-6;1-8-7(10)6-4-2-3-5-9-6;1-8-7(9)6-4-2-3-5-6;1-7-6(8)5-2-3-9-4-5;1-7-6(8)5-3-2-4-9-5;1-7-6(8)5-2-3-9-4-5;1-7-6(8)5-3-2-4-9-5;1-6-5(7)4-2-3-4/h2*2-8H,1H3,(H,13,14);7H,2-6H2,1H3,(H,9,10);2-6H,1H3,(H,9,10);3*2-5H,1H3,(H,8,10);6H,2-5H2,1H3,(H,8,9);4*2-4H,1H3,(H,7,8);4H,2-3H2,1H3,(H,6,7). The van der Waals surface area contributed by atoms with Crippen LogP contribution in [0.15, 0.2) is 269 Å². The molecule has 7 aromatic heterocycles. The molecule has 0 radical (unpaired) electrons. The molecule has 3 aliphatic carbocycles. The summed E-state index contributed by atoms with van der Waals surface area (Å²) in [6.45, 7) is 0. The molecule has 5 aromatic carbocycles. The summed E-state index contributed by atoms with van der Waals surface area (Å²) < 4.78 is 9.45. The number of rotatable bonds is 13. The summed E-state index contributed by atoms with van der Waals surface area (Å²) in [5, 5.41) is 43.1. The molecule has 130 heavy (non-hydrogen) atoms. The van der Waals surface area contributed by atoms with Crippen molar-refractivity contribution in [2.24, 2.45) is 17.8 Å². The van der Waals surface area contributed by atoms with E-state index >= 15 is 0 Å². The van der Waals surface area contributed by atoms with Crippen LogP contribution in [0.4, 0.5) is 0 Å². The van der Waals surface area contributed by atoms with Crippen LogP contribution in [-0.2, 0) is 14.4 Å². The summed E-state index contributed by atoms with van der Waals surface area (Å²) in [6.07, 6.45) is 25.1. The number of furan rings is 2. The van der Waals surface area contributed by atoms with E-state index in [0.717, 1.165) is 76.1 Å². The number of thiophene rings is 2. The number of pyridine rings is 3. The number of aromatic nitrogens is 3. The first-order valence-electron chi connectivity index (χ1n) is 41.6. The fraction of sp³-hybridized carbons (Fsp3) is 0.278. The Kier molecular flexibility index (Phi) is 55.2. The van der Waals surface area contributed by atoms with Gasteiger partial charge in [0.25, 0.3) is 59.1 Å². The van der Waals surface area contributed by atoms with Gasteiger partial charge in [-0.15, -0.1) is 11.3 Å². The Balaban J connectivity index is 0.000000364. The molecule has 3 aliphatic rings. The lowest BCUT2D eigenvalue weighted by Crippen LogP contribution is -2.28. The van der Waals surface area contributed by atoms with Crippen LogP contribution in [-0.4, -0.2) is 183 Å². The molecule has 690 valence electrons. The zero-order valence-corrected chi connectivity index (χ0v) is 77.3. The number of nitrogens with one attached hydrogen (secondary N) is 13. The molecule has 3 saturated carbocycles. The Morgan fingerprint density at radius 3 is 1.27 bits per heavy atom. The maximum atomic E-state index is 11.5. The first-order valence-corrected chi connectivity index (χ1v) is 43.4. The summed E-state index contributed by atoms with van der Waals surface area (Å²) in [5.74, 6) is 1.22. The van der Waals surface area contributed by atoms with E-state index in [4.69, 9.17) is 4.42 Å². The van der Waals surface area contributed by atoms with Crippen LogP contribution < -0.4 is 69.1 Å². The van der Waals surface area contributed by atoms with Crippen LogP contribution >= 0.6 is 22.7 Å². The van der Waals surface area contributed by atoms with Crippen LogP contribution in [0.2, 0.25) is 0 Å². The van der Waals surface area contributed by atoms with Gasteiger partial charge in [-0.3, -0.25) is 77.3 Å². The number of carbonyl (C=O) groups is 13. The second-order valence-corrected chi connectivity index (χ2v) is 29.1. The van der Waals surface area contributed by atoms with Crippen molar-refractivity contribution in [3.05, 3.63) is 315 Å². The van der Waals surface area contributed by atoms with Gasteiger partial charge >= 0.3 is 0 Å². The predicted molar refractivity (Wildman–Crippen MR) is 510 cm³/mol. The number of carbonyl (C=O) groups excluding carboxylic acids is 13. The molecular weight excluding hydrogens is 1690 g/mol. The highest BCUT2D eigenvalue weighted by Crippen LogP contribution is 2.29. The largest absolute Gasteiger partial charge is 0.472 e. The number of fused-ring (bicyclic) bond motifs is 2. The fourth-order valence-electron chi connectivity index (χ4n) is 11.3. The topological polar surface area (TPSA) is 443 Å². The van der Waals surface area contributed by atoms with E-state index in [1.807, 2.05) is 125 Å². The Labute approximate surface area is 767 Å². The number of amides is 13. The molecule has 13 N–H and O–H groups in total. The summed E-state index contributed by atoms with van der Waals surface area (Å²) >= 11 is 2.97. The minimum atomic E-state index is -0.194. The lowest BCUT2D eigenvalue weighted by Gasteiger charge is -2.19. The maximum Gasteiger partial charge on any atom is 0.286 e. The van der Waals surface area contributed by atoms with Gasteiger partial charge in [-0.2, -0.15) is 11.3 Å². The summed E-state index contributed by atoms with van der Waals surface area (Å²) in [5.41, 5.74) is 5.09. The highest BCUT2D eigenvalue weighted by atomic mass is 32.1. The normalized spacial score (nSPS) is 11.4. The molecule has 0 atom stereocenters. The van der Waals surface area contributed by atoms with E-state index in [0.29, 0.717) is 57.0 Å². The first-order chi connectivity index (χ1) is 62.9. The highest BCUT2D eigenvalue weighted by molar-refractivity contribution is 7.12. The zero-order valence-electron chi connectivity index (χ0n) is 75.6. The third-order valence-electron chi connectivity index (χ3n) is 18.6. The second kappa shape index (κ2) is 65.7. The summed E-state index contributed by atoms with van der Waals surface area (Å²) in [4.78, 5) is 154. The van der Waals surface area contributed by atoms with Gasteiger partial charge < -0.3 is 78.0 Å². The Morgan fingerprint density at radius 1 is 0.315 bits per heavy atom. The Morgan fingerprint density at radius 2 is 0.800 bits per heavy atom. The fourth-order valence-corrected chi connectivity index (χ4v) is 12.6. The molecule has 33 heteroatoms. The molecule has 7 heterocycles. The predicted octanol–water partition coefficient (Wildman–Crippen LogP) is 12.6. The average molecular weight is 1810 g/mol. The van der Waals surface area contributed by atoms with Gasteiger partial charge in [0, 0.05) is 174 Å². The number of nitrogens with zero attached hydrogens (tertiary/aromatic N) is 3. The molecular formula is C97H120N16O15S2. The average Bonchev–Trinajstić information content (AvgIpc) is 1.20. The van der Waals surface area contributed by atoms with Gasteiger partial charge in [0.05, 0.1) is 28.5 Å². The van der Waals surface area contributed by atoms with E-state index in [2.05, 4.69) is 88.5 Å². The molecule has 0 saturated heterocycles. The molecule has 12 aromatic rings. The zero-order chi connectivity index (χ0) is 95.6. The van der Waals surface area contributed by atoms with Crippen molar-refractivity contribution in [1.82, 2.24) is 84.1 Å². The van der Waals surface area contributed by atoms with Crippen molar-refractivity contribution in [2.75, 3.05) is 91.6 Å². The Hall–Kier alpha value is -14.9. The van der Waals surface area contributed by atoms with E-state index < -0.39 is 0 Å². The lowest BCUT2D eigenvalue weighted by molar-refractivity contribution is -0.125. The number of hydrogen-bond acceptors (Lipinski definition) is 20. The molecule has 0 unspecified atom stereocenters. The smallest absolute Gasteiger partial charge is 0.286 e. The van der Waals surface area contributed by atoms with Crippen molar-refractivity contribution >= 4 is 121 Å². The molecule has 13 amide bonds. The third-order valence-corrected chi connectivity index (χ3v) is 20.1. The molecule has 0 bridgehead atoms. The van der Waals surface area contributed by atoms with E-state index in [1.165, 1.54) is 79.8 Å². The number of benzene rings is 5. The second-order valence-electron chi connectivity index (χ2n) is 27.4. The van der Waals surface area contributed by atoms with Crippen LogP contribution in [0.5, 0.6) is 0 Å². The van der Waals surface area contributed by atoms with Crippen molar-refractivity contribution in [1.29, 1.82) is 0 Å². The van der Waals surface area contributed by atoms with Crippen molar-refractivity contribution in [3.8, 4) is 0 Å². The van der Waals surface area contributed by atoms with Gasteiger partial charge in [-0.25, -0.2) is 0 Å². The molecule has 15 rings (SSSR count). The van der Waals surface area contributed by atoms with Crippen LogP contribution in [0.3, 0.4) is 0 Å². The highest BCUT2D eigenvalue weighted by Gasteiger charge is 2.28. The molecule has 31 nitrogen and oxygen atoms in total. The van der Waals surface area contributed by atoms with Crippen molar-refractivity contribution in [3.63, 3.8) is 0 Å². The van der Waals surface area contributed by atoms with Gasteiger partial charge in [-0.1, -0.05) is 129 Å². The lowest BCUT2D eigenvalue weighted by atomic mass is 9.89. The molecule has 3 fully saturated rings. The monoisotopic (exact) mass is 1810 g/mol.